The maximum Gasteiger partial charge on any atom is 0.240 e. The zero-order valence-corrected chi connectivity index (χ0v) is 12.7. The summed E-state index contributed by atoms with van der Waals surface area (Å²) in [6.07, 6.45) is 0. The Kier molecular flexibility index (Phi) is 5.52. The van der Waals surface area contributed by atoms with Crippen molar-refractivity contribution in [2.24, 2.45) is 0 Å². The van der Waals surface area contributed by atoms with Gasteiger partial charge in [-0.15, -0.1) is 0 Å². The van der Waals surface area contributed by atoms with Crippen molar-refractivity contribution in [1.82, 2.24) is 4.72 Å². The van der Waals surface area contributed by atoms with E-state index in [2.05, 4.69) is 10.0 Å². The van der Waals surface area contributed by atoms with E-state index in [1.54, 1.807) is 26.0 Å². The van der Waals surface area contributed by atoms with Crippen molar-refractivity contribution in [2.75, 3.05) is 18.5 Å². The van der Waals surface area contributed by atoms with Crippen LogP contribution in [0.3, 0.4) is 0 Å². The van der Waals surface area contributed by atoms with Crippen LogP contribution in [-0.4, -0.2) is 43.4 Å². The number of aliphatic hydroxyl groups excluding tert-OH is 1. The Labute approximate surface area is 119 Å². The first kappa shape index (κ1) is 16.9. The molecular weight excluding hydrogens is 280 g/mol. The molecule has 1 unspecified atom stereocenters. The smallest absolute Gasteiger partial charge is 0.240 e. The molecule has 4 N–H and O–H groups in total. The van der Waals surface area contributed by atoms with E-state index in [0.717, 1.165) is 0 Å². The summed E-state index contributed by atoms with van der Waals surface area (Å²) < 4.78 is 26.3. The fraction of sp³-hybridized carbons (Fsp3) is 0.538. The van der Waals surface area contributed by atoms with E-state index in [-0.39, 0.29) is 24.1 Å². The van der Waals surface area contributed by atoms with Crippen LogP contribution in [0.15, 0.2) is 29.2 Å². The van der Waals surface area contributed by atoms with Crippen LogP contribution in [-0.2, 0) is 10.0 Å². The maximum atomic E-state index is 11.9. The van der Waals surface area contributed by atoms with Crippen LogP contribution >= 0.6 is 0 Å². The Morgan fingerprint density at radius 1 is 1.25 bits per heavy atom. The first-order chi connectivity index (χ1) is 9.16. The standard InChI is InChI=1S/C13H22N2O4S/c1-10(2)15-20(18,19)12-6-4-11(5-7-12)14-8-13(3,17)9-16/h4-7,10,14-17H,8-9H2,1-3H3. The second kappa shape index (κ2) is 6.53. The molecule has 20 heavy (non-hydrogen) atoms. The van der Waals surface area contributed by atoms with Gasteiger partial charge in [-0.05, 0) is 45.0 Å². The quantitative estimate of drug-likeness (QED) is 0.589. The van der Waals surface area contributed by atoms with Gasteiger partial charge in [0.2, 0.25) is 10.0 Å². The largest absolute Gasteiger partial charge is 0.393 e. The molecule has 1 aromatic carbocycles. The minimum atomic E-state index is -3.49. The molecule has 0 aliphatic rings. The van der Waals surface area contributed by atoms with Crippen LogP contribution in [0.4, 0.5) is 5.69 Å². The molecule has 0 fully saturated rings. The minimum absolute atomic E-state index is 0.167. The summed E-state index contributed by atoms with van der Waals surface area (Å²) in [6.45, 7) is 4.82. The lowest BCUT2D eigenvalue weighted by molar-refractivity contribution is 0.0132. The van der Waals surface area contributed by atoms with Gasteiger partial charge in [-0.3, -0.25) is 0 Å². The minimum Gasteiger partial charge on any atom is -0.393 e. The zero-order valence-electron chi connectivity index (χ0n) is 11.9. The van der Waals surface area contributed by atoms with Crippen molar-refractivity contribution >= 4 is 15.7 Å². The summed E-state index contributed by atoms with van der Waals surface area (Å²) in [4.78, 5) is 0.186. The van der Waals surface area contributed by atoms with E-state index in [1.807, 2.05) is 0 Å². The number of sulfonamides is 1. The monoisotopic (exact) mass is 302 g/mol. The van der Waals surface area contributed by atoms with Gasteiger partial charge in [0.25, 0.3) is 0 Å². The zero-order chi connectivity index (χ0) is 15.4. The van der Waals surface area contributed by atoms with E-state index in [4.69, 9.17) is 5.11 Å². The highest BCUT2D eigenvalue weighted by Gasteiger charge is 2.19. The van der Waals surface area contributed by atoms with Gasteiger partial charge in [0, 0.05) is 18.3 Å². The summed E-state index contributed by atoms with van der Waals surface area (Å²) in [5.41, 5.74) is -0.550. The first-order valence-electron chi connectivity index (χ1n) is 6.36. The average molecular weight is 302 g/mol. The van der Waals surface area contributed by atoms with Crippen molar-refractivity contribution in [3.8, 4) is 0 Å². The highest BCUT2D eigenvalue weighted by Crippen LogP contribution is 2.15. The number of hydrogen-bond donors (Lipinski definition) is 4. The van der Waals surface area contributed by atoms with E-state index in [1.165, 1.54) is 19.1 Å². The number of aliphatic hydroxyl groups is 2. The van der Waals surface area contributed by atoms with Crippen LogP contribution in [0.1, 0.15) is 20.8 Å². The third-order valence-corrected chi connectivity index (χ3v) is 4.24. The highest BCUT2D eigenvalue weighted by atomic mass is 32.2. The van der Waals surface area contributed by atoms with E-state index >= 15 is 0 Å². The molecule has 1 atom stereocenters. The van der Waals surface area contributed by atoms with Crippen molar-refractivity contribution in [1.29, 1.82) is 0 Å². The van der Waals surface area contributed by atoms with Gasteiger partial charge >= 0.3 is 0 Å². The first-order valence-corrected chi connectivity index (χ1v) is 7.84. The van der Waals surface area contributed by atoms with Gasteiger partial charge in [0.1, 0.15) is 5.60 Å². The van der Waals surface area contributed by atoms with Crippen molar-refractivity contribution in [3.63, 3.8) is 0 Å². The Morgan fingerprint density at radius 2 is 1.80 bits per heavy atom. The topological polar surface area (TPSA) is 98.7 Å². The molecule has 0 saturated carbocycles. The molecular formula is C13H22N2O4S. The predicted octanol–water partition coefficient (Wildman–Crippen LogP) is 0.528. The molecule has 0 aliphatic carbocycles. The normalized spacial score (nSPS) is 15.1. The van der Waals surface area contributed by atoms with Crippen molar-refractivity contribution in [3.05, 3.63) is 24.3 Å². The van der Waals surface area contributed by atoms with Gasteiger partial charge in [0.15, 0.2) is 0 Å². The lowest BCUT2D eigenvalue weighted by Crippen LogP contribution is -2.37. The van der Waals surface area contributed by atoms with Crippen molar-refractivity contribution < 1.29 is 18.6 Å². The molecule has 0 aliphatic heterocycles. The molecule has 6 nitrogen and oxygen atoms in total. The van der Waals surface area contributed by atoms with Crippen LogP contribution in [0.2, 0.25) is 0 Å². The van der Waals surface area contributed by atoms with Gasteiger partial charge in [-0.2, -0.15) is 0 Å². The molecule has 0 bridgehead atoms. The van der Waals surface area contributed by atoms with Gasteiger partial charge < -0.3 is 15.5 Å². The highest BCUT2D eigenvalue weighted by molar-refractivity contribution is 7.89. The number of rotatable bonds is 7. The Hall–Kier alpha value is -1.15. The Balaban J connectivity index is 2.75. The molecule has 7 heteroatoms. The molecule has 0 heterocycles. The maximum absolute atomic E-state index is 11.9. The number of anilines is 1. The summed E-state index contributed by atoms with van der Waals surface area (Å²) in [7, 11) is -3.49. The third-order valence-electron chi connectivity index (χ3n) is 2.57. The number of benzene rings is 1. The number of nitrogens with one attached hydrogen (secondary N) is 2. The second-order valence-corrected chi connectivity index (χ2v) is 7.02. The van der Waals surface area contributed by atoms with Gasteiger partial charge in [0.05, 0.1) is 11.5 Å². The predicted molar refractivity (Wildman–Crippen MR) is 78.1 cm³/mol. The van der Waals surface area contributed by atoms with Crippen molar-refractivity contribution in [2.45, 2.75) is 37.3 Å². The summed E-state index contributed by atoms with van der Waals surface area (Å²) in [5.74, 6) is 0. The van der Waals surface area contributed by atoms with Gasteiger partial charge in [-0.25, -0.2) is 13.1 Å². The molecule has 0 amide bonds. The summed E-state index contributed by atoms with van der Waals surface area (Å²) >= 11 is 0. The fourth-order valence-corrected chi connectivity index (χ4v) is 2.73. The molecule has 0 saturated heterocycles. The van der Waals surface area contributed by atoms with Gasteiger partial charge in [-0.1, -0.05) is 0 Å². The second-order valence-electron chi connectivity index (χ2n) is 5.31. The lowest BCUT2D eigenvalue weighted by Gasteiger charge is -2.21. The Bertz CT molecular complexity index is 524. The fourth-order valence-electron chi connectivity index (χ4n) is 1.48. The molecule has 0 spiro atoms. The number of hydrogen-bond acceptors (Lipinski definition) is 5. The van der Waals surface area contributed by atoms with E-state index in [9.17, 15) is 13.5 Å². The van der Waals surface area contributed by atoms with Crippen LogP contribution < -0.4 is 10.0 Å². The van der Waals surface area contributed by atoms with Crippen LogP contribution in [0.5, 0.6) is 0 Å². The molecule has 114 valence electrons. The Morgan fingerprint density at radius 3 is 2.25 bits per heavy atom. The lowest BCUT2D eigenvalue weighted by atomic mass is 10.1. The van der Waals surface area contributed by atoms with E-state index < -0.39 is 15.6 Å². The third kappa shape index (κ3) is 5.09. The van der Waals surface area contributed by atoms with Crippen LogP contribution in [0, 0.1) is 0 Å². The summed E-state index contributed by atoms with van der Waals surface area (Å²) in [5, 5.41) is 21.5. The summed E-state index contributed by atoms with van der Waals surface area (Å²) in [6, 6.07) is 6.03. The van der Waals surface area contributed by atoms with Crippen LogP contribution in [0.25, 0.3) is 0 Å². The average Bonchev–Trinajstić information content (AvgIpc) is 2.35. The molecule has 0 aromatic heterocycles. The van der Waals surface area contributed by atoms with E-state index in [0.29, 0.717) is 5.69 Å². The molecule has 1 rings (SSSR count). The SMILES string of the molecule is CC(C)NS(=O)(=O)c1ccc(NCC(C)(O)CO)cc1. The molecule has 0 radical (unpaired) electrons. The molecule has 1 aromatic rings.